The molecule has 0 N–H and O–H groups in total. The summed E-state index contributed by atoms with van der Waals surface area (Å²) in [6.07, 6.45) is 0.897. The Labute approximate surface area is 104 Å². The molecule has 2 unspecified atom stereocenters. The zero-order chi connectivity index (χ0) is 11.7. The number of rotatable bonds is 2. The van der Waals surface area contributed by atoms with Crippen LogP contribution in [-0.4, -0.2) is 18.5 Å². The molecular weight excluding hydrogens is 247 g/mol. The largest absolute Gasteiger partial charge is 0.378 e. The number of hydrogen-bond donors (Lipinski definition) is 0. The van der Waals surface area contributed by atoms with Crippen molar-refractivity contribution in [2.75, 3.05) is 6.61 Å². The van der Waals surface area contributed by atoms with Crippen LogP contribution >= 0.6 is 23.2 Å². The standard InChI is InChI=1S/C12H12Cl2O2/c1-7-5-8(6-16-7)12(15)9-3-2-4-10(13)11(9)14/h2-4,7-8H,5-6H2,1H3. The molecule has 2 rings (SSSR count). The van der Waals surface area contributed by atoms with E-state index < -0.39 is 0 Å². The molecule has 16 heavy (non-hydrogen) atoms. The van der Waals surface area contributed by atoms with E-state index in [0.717, 1.165) is 6.42 Å². The summed E-state index contributed by atoms with van der Waals surface area (Å²) < 4.78 is 5.38. The van der Waals surface area contributed by atoms with Crippen LogP contribution in [0.25, 0.3) is 0 Å². The van der Waals surface area contributed by atoms with Crippen LogP contribution < -0.4 is 0 Å². The zero-order valence-electron chi connectivity index (χ0n) is 8.87. The molecule has 2 atom stereocenters. The smallest absolute Gasteiger partial charge is 0.169 e. The maximum absolute atomic E-state index is 12.1. The summed E-state index contributed by atoms with van der Waals surface area (Å²) >= 11 is 11.9. The highest BCUT2D eigenvalue weighted by Crippen LogP contribution is 2.30. The molecule has 0 amide bonds. The molecule has 0 bridgehead atoms. The van der Waals surface area contributed by atoms with Crippen molar-refractivity contribution in [2.45, 2.75) is 19.4 Å². The summed E-state index contributed by atoms with van der Waals surface area (Å²) in [5.74, 6) is -0.0668. The molecule has 4 heteroatoms. The van der Waals surface area contributed by atoms with Crippen molar-refractivity contribution in [3.05, 3.63) is 33.8 Å². The van der Waals surface area contributed by atoms with E-state index in [1.54, 1.807) is 18.2 Å². The van der Waals surface area contributed by atoms with E-state index in [9.17, 15) is 4.79 Å². The second kappa shape index (κ2) is 4.74. The number of carbonyl (C=O) groups excluding carboxylic acids is 1. The minimum atomic E-state index is -0.0917. The van der Waals surface area contributed by atoms with Crippen LogP contribution in [-0.2, 0) is 4.74 Å². The highest BCUT2D eigenvalue weighted by atomic mass is 35.5. The molecule has 0 aliphatic carbocycles. The van der Waals surface area contributed by atoms with Gasteiger partial charge in [-0.2, -0.15) is 0 Å². The topological polar surface area (TPSA) is 26.3 Å². The summed E-state index contributed by atoms with van der Waals surface area (Å²) in [4.78, 5) is 12.1. The Morgan fingerprint density at radius 1 is 1.44 bits per heavy atom. The molecular formula is C12H12Cl2O2. The Balaban J connectivity index is 2.24. The predicted octanol–water partition coefficient (Wildman–Crippen LogP) is 3.60. The maximum atomic E-state index is 12.1. The molecule has 1 heterocycles. The Kier molecular flexibility index (Phi) is 3.53. The van der Waals surface area contributed by atoms with Gasteiger partial charge in [0, 0.05) is 11.5 Å². The molecule has 86 valence electrons. The molecule has 1 aromatic rings. The van der Waals surface area contributed by atoms with Crippen molar-refractivity contribution < 1.29 is 9.53 Å². The number of carbonyl (C=O) groups is 1. The van der Waals surface area contributed by atoms with Crippen LogP contribution in [0.15, 0.2) is 18.2 Å². The normalized spacial score (nSPS) is 24.7. The second-order valence-corrected chi connectivity index (χ2v) is 4.83. The molecule has 0 saturated carbocycles. The number of ether oxygens (including phenoxy) is 1. The van der Waals surface area contributed by atoms with Crippen LogP contribution in [0, 0.1) is 5.92 Å². The van der Waals surface area contributed by atoms with Gasteiger partial charge in [-0.3, -0.25) is 4.79 Å². The van der Waals surface area contributed by atoms with Crippen LogP contribution in [0.4, 0.5) is 0 Å². The lowest BCUT2D eigenvalue weighted by molar-refractivity contribution is 0.0878. The molecule has 1 aliphatic rings. The van der Waals surface area contributed by atoms with E-state index in [4.69, 9.17) is 27.9 Å². The van der Waals surface area contributed by atoms with Gasteiger partial charge in [0.05, 0.1) is 22.8 Å². The molecule has 1 fully saturated rings. The average molecular weight is 259 g/mol. The molecule has 1 saturated heterocycles. The first-order chi connectivity index (χ1) is 7.59. The van der Waals surface area contributed by atoms with E-state index in [-0.39, 0.29) is 17.8 Å². The van der Waals surface area contributed by atoms with Crippen LogP contribution in [0.2, 0.25) is 10.0 Å². The van der Waals surface area contributed by atoms with E-state index in [1.165, 1.54) is 0 Å². The van der Waals surface area contributed by atoms with Gasteiger partial charge in [-0.25, -0.2) is 0 Å². The quantitative estimate of drug-likeness (QED) is 0.758. The highest BCUT2D eigenvalue weighted by Gasteiger charge is 2.30. The summed E-state index contributed by atoms with van der Waals surface area (Å²) in [6, 6.07) is 5.12. The Morgan fingerprint density at radius 2 is 2.19 bits per heavy atom. The summed E-state index contributed by atoms with van der Waals surface area (Å²) in [5.41, 5.74) is 0.497. The molecule has 2 nitrogen and oxygen atoms in total. The SMILES string of the molecule is CC1CC(C(=O)c2cccc(Cl)c2Cl)CO1. The molecule has 0 aromatic heterocycles. The summed E-state index contributed by atoms with van der Waals surface area (Å²) in [5, 5.41) is 0.758. The van der Waals surface area contributed by atoms with Crippen LogP contribution in [0.1, 0.15) is 23.7 Å². The van der Waals surface area contributed by atoms with Gasteiger partial charge in [0.1, 0.15) is 0 Å². The third-order valence-corrected chi connectivity index (χ3v) is 3.61. The maximum Gasteiger partial charge on any atom is 0.169 e. The van der Waals surface area contributed by atoms with Crippen molar-refractivity contribution in [3.8, 4) is 0 Å². The Bertz CT molecular complexity index is 417. The van der Waals surface area contributed by atoms with Crippen LogP contribution in [0.3, 0.4) is 0 Å². The summed E-state index contributed by atoms with van der Waals surface area (Å²) in [7, 11) is 0. The van der Waals surface area contributed by atoms with Gasteiger partial charge in [0.15, 0.2) is 5.78 Å². The van der Waals surface area contributed by atoms with Gasteiger partial charge in [-0.1, -0.05) is 29.3 Å². The number of halogens is 2. The lowest BCUT2D eigenvalue weighted by atomic mass is 9.95. The number of Topliss-reactive ketones (excluding diaryl/α,β-unsaturated/α-hetero) is 1. The molecule has 0 radical (unpaired) electrons. The first-order valence-corrected chi connectivity index (χ1v) is 5.95. The predicted molar refractivity (Wildman–Crippen MR) is 64.3 cm³/mol. The number of benzene rings is 1. The lowest BCUT2D eigenvalue weighted by Gasteiger charge is -2.09. The minimum Gasteiger partial charge on any atom is -0.378 e. The number of hydrogen-bond acceptors (Lipinski definition) is 2. The Hall–Kier alpha value is -0.570. The fourth-order valence-electron chi connectivity index (χ4n) is 1.91. The third-order valence-electron chi connectivity index (χ3n) is 2.79. The van der Waals surface area contributed by atoms with Crippen molar-refractivity contribution in [1.29, 1.82) is 0 Å². The molecule has 0 spiro atoms. The van der Waals surface area contributed by atoms with Crippen LogP contribution in [0.5, 0.6) is 0 Å². The lowest BCUT2D eigenvalue weighted by Crippen LogP contribution is -2.15. The highest BCUT2D eigenvalue weighted by molar-refractivity contribution is 6.43. The van der Waals surface area contributed by atoms with Gasteiger partial charge in [-0.05, 0) is 25.5 Å². The van der Waals surface area contributed by atoms with Gasteiger partial charge in [0.2, 0.25) is 0 Å². The van der Waals surface area contributed by atoms with Gasteiger partial charge < -0.3 is 4.74 Å². The van der Waals surface area contributed by atoms with Crippen molar-refractivity contribution in [2.24, 2.45) is 5.92 Å². The molecule has 1 aliphatic heterocycles. The minimum absolute atomic E-state index is 0.0249. The fourth-order valence-corrected chi connectivity index (χ4v) is 2.31. The third kappa shape index (κ3) is 2.24. The monoisotopic (exact) mass is 258 g/mol. The molecule has 1 aromatic carbocycles. The van der Waals surface area contributed by atoms with E-state index in [0.29, 0.717) is 22.2 Å². The van der Waals surface area contributed by atoms with E-state index in [2.05, 4.69) is 0 Å². The fraction of sp³-hybridized carbons (Fsp3) is 0.417. The van der Waals surface area contributed by atoms with Crippen molar-refractivity contribution in [1.82, 2.24) is 0 Å². The van der Waals surface area contributed by atoms with E-state index >= 15 is 0 Å². The second-order valence-electron chi connectivity index (χ2n) is 4.04. The van der Waals surface area contributed by atoms with Gasteiger partial charge >= 0.3 is 0 Å². The first kappa shape index (κ1) is 11.9. The van der Waals surface area contributed by atoms with Crippen molar-refractivity contribution in [3.63, 3.8) is 0 Å². The van der Waals surface area contributed by atoms with Gasteiger partial charge in [0.25, 0.3) is 0 Å². The summed E-state index contributed by atoms with van der Waals surface area (Å²) in [6.45, 7) is 2.44. The van der Waals surface area contributed by atoms with Gasteiger partial charge in [-0.15, -0.1) is 0 Å². The Morgan fingerprint density at radius 3 is 2.81 bits per heavy atom. The van der Waals surface area contributed by atoms with E-state index in [1.807, 2.05) is 6.92 Å². The average Bonchev–Trinajstić information content (AvgIpc) is 2.68. The zero-order valence-corrected chi connectivity index (χ0v) is 10.4. The number of ketones is 1. The first-order valence-electron chi connectivity index (χ1n) is 5.19. The van der Waals surface area contributed by atoms with Crippen molar-refractivity contribution >= 4 is 29.0 Å².